The molecule has 19 heavy (non-hydrogen) atoms. The summed E-state index contributed by atoms with van der Waals surface area (Å²) < 4.78 is 6.50. The van der Waals surface area contributed by atoms with Crippen LogP contribution in [0.4, 0.5) is 0 Å². The van der Waals surface area contributed by atoms with Crippen molar-refractivity contribution < 1.29 is 9.53 Å². The van der Waals surface area contributed by atoms with Gasteiger partial charge >= 0.3 is 5.97 Å². The van der Waals surface area contributed by atoms with Crippen LogP contribution >= 0.6 is 11.6 Å². The van der Waals surface area contributed by atoms with E-state index in [-0.39, 0.29) is 18.2 Å². The number of carbonyl (C=O) groups is 1. The molecular weight excluding hydrogens is 268 g/mol. The van der Waals surface area contributed by atoms with E-state index in [1.165, 1.54) is 0 Å². The third-order valence-corrected chi connectivity index (χ3v) is 2.77. The molecule has 2 rings (SSSR count). The molecule has 0 amide bonds. The summed E-state index contributed by atoms with van der Waals surface area (Å²) in [7, 11) is 0. The highest BCUT2D eigenvalue weighted by Crippen LogP contribution is 2.12. The molecule has 7 heteroatoms. The molecule has 0 saturated carbocycles. The normalized spacial score (nSPS) is 10.4. The third-order valence-electron chi connectivity index (χ3n) is 2.51. The Morgan fingerprint density at radius 3 is 2.79 bits per heavy atom. The van der Waals surface area contributed by atoms with Gasteiger partial charge in [-0.15, -0.1) is 16.7 Å². The molecule has 100 valence electrons. The van der Waals surface area contributed by atoms with Crippen molar-refractivity contribution >= 4 is 17.6 Å². The Balaban J connectivity index is 2.25. The number of esters is 1. The van der Waals surface area contributed by atoms with Crippen LogP contribution in [0.15, 0.2) is 24.5 Å². The molecule has 0 N–H and O–H groups in total. The van der Waals surface area contributed by atoms with E-state index in [4.69, 9.17) is 16.3 Å². The lowest BCUT2D eigenvalue weighted by Gasteiger charge is -2.05. The highest BCUT2D eigenvalue weighted by Gasteiger charge is 2.20. The molecule has 2 aromatic rings. The van der Waals surface area contributed by atoms with Gasteiger partial charge in [0.2, 0.25) is 0 Å². The minimum absolute atomic E-state index is 0.145. The van der Waals surface area contributed by atoms with Gasteiger partial charge in [0.1, 0.15) is 0 Å². The second-order valence-corrected chi connectivity index (χ2v) is 4.02. The molecule has 0 aliphatic heterocycles. The van der Waals surface area contributed by atoms with Gasteiger partial charge in [-0.3, -0.25) is 4.98 Å². The van der Waals surface area contributed by atoms with Crippen LogP contribution in [0.1, 0.15) is 28.7 Å². The smallest absolute Gasteiger partial charge is 0.360 e. The fourth-order valence-corrected chi connectivity index (χ4v) is 1.88. The Hall–Kier alpha value is -1.95. The lowest BCUT2D eigenvalue weighted by atomic mass is 10.2. The number of halogens is 1. The van der Waals surface area contributed by atoms with Crippen molar-refractivity contribution in [2.24, 2.45) is 0 Å². The molecular formula is C12H13ClN4O2. The molecule has 0 unspecified atom stereocenters. The number of pyridine rings is 1. The van der Waals surface area contributed by atoms with Crippen molar-refractivity contribution in [1.29, 1.82) is 0 Å². The van der Waals surface area contributed by atoms with Crippen LogP contribution in [-0.2, 0) is 17.2 Å². The van der Waals surface area contributed by atoms with Crippen molar-refractivity contribution in [2.45, 2.75) is 19.3 Å². The Morgan fingerprint density at radius 2 is 2.16 bits per heavy atom. The minimum atomic E-state index is -0.501. The molecule has 6 nitrogen and oxygen atoms in total. The van der Waals surface area contributed by atoms with Crippen LogP contribution in [0, 0.1) is 0 Å². The summed E-state index contributed by atoms with van der Waals surface area (Å²) in [6.07, 6.45) is 3.39. The molecule has 0 aliphatic rings. The van der Waals surface area contributed by atoms with Gasteiger partial charge in [-0.1, -0.05) is 5.21 Å². The van der Waals surface area contributed by atoms with Crippen LogP contribution < -0.4 is 0 Å². The molecule has 0 atom stereocenters. The Bertz CT molecular complexity index is 556. The summed E-state index contributed by atoms with van der Waals surface area (Å²) in [5.41, 5.74) is 1.73. The lowest BCUT2D eigenvalue weighted by molar-refractivity contribution is 0.0518. The van der Waals surface area contributed by atoms with Gasteiger partial charge in [0.05, 0.1) is 24.7 Å². The Morgan fingerprint density at radius 1 is 1.42 bits per heavy atom. The summed E-state index contributed by atoms with van der Waals surface area (Å²) >= 11 is 5.87. The molecule has 0 saturated heterocycles. The average molecular weight is 281 g/mol. The van der Waals surface area contributed by atoms with Gasteiger partial charge < -0.3 is 4.74 Å². The fourth-order valence-electron chi connectivity index (χ4n) is 1.61. The number of hydrogen-bond donors (Lipinski definition) is 0. The topological polar surface area (TPSA) is 69.9 Å². The van der Waals surface area contributed by atoms with Gasteiger partial charge in [-0.05, 0) is 24.6 Å². The monoisotopic (exact) mass is 280 g/mol. The Kier molecular flexibility index (Phi) is 4.46. The molecule has 0 spiro atoms. The third kappa shape index (κ3) is 3.08. The predicted molar refractivity (Wildman–Crippen MR) is 68.9 cm³/mol. The van der Waals surface area contributed by atoms with E-state index >= 15 is 0 Å². The van der Waals surface area contributed by atoms with Crippen molar-refractivity contribution in [2.75, 3.05) is 6.61 Å². The second kappa shape index (κ2) is 6.29. The number of ether oxygens (including phenoxy) is 1. The van der Waals surface area contributed by atoms with E-state index in [1.54, 1.807) is 24.0 Å². The maximum absolute atomic E-state index is 11.7. The first-order valence-corrected chi connectivity index (χ1v) is 6.34. The summed E-state index contributed by atoms with van der Waals surface area (Å²) in [6, 6.07) is 3.73. The summed E-state index contributed by atoms with van der Waals surface area (Å²) in [5, 5.41) is 7.79. The first-order valence-electron chi connectivity index (χ1n) is 5.80. The van der Waals surface area contributed by atoms with Crippen LogP contribution in [0.5, 0.6) is 0 Å². The summed E-state index contributed by atoms with van der Waals surface area (Å²) in [6.45, 7) is 2.51. The zero-order chi connectivity index (χ0) is 13.7. The molecule has 0 bridgehead atoms. The predicted octanol–water partition coefficient (Wildman–Crippen LogP) is 1.64. The number of rotatable bonds is 5. The highest BCUT2D eigenvalue weighted by molar-refractivity contribution is 6.17. The zero-order valence-electron chi connectivity index (χ0n) is 10.4. The average Bonchev–Trinajstić information content (AvgIpc) is 2.83. The molecule has 0 fully saturated rings. The number of carbonyl (C=O) groups excluding carboxylic acids is 1. The van der Waals surface area contributed by atoms with Gasteiger partial charge in [0.25, 0.3) is 0 Å². The first kappa shape index (κ1) is 13.5. The molecule has 0 radical (unpaired) electrons. The standard InChI is InChI=1S/C12H13ClN4O2/c1-2-19-12(18)11-10(7-13)17(16-15-11)8-9-3-5-14-6-4-9/h3-6H,2,7-8H2,1H3. The summed E-state index contributed by atoms with van der Waals surface area (Å²) in [4.78, 5) is 15.6. The lowest BCUT2D eigenvalue weighted by Crippen LogP contribution is -2.10. The highest BCUT2D eigenvalue weighted by atomic mass is 35.5. The maximum atomic E-state index is 11.7. The number of nitrogens with zero attached hydrogens (tertiary/aromatic N) is 4. The number of alkyl halides is 1. The molecule has 2 heterocycles. The van der Waals surface area contributed by atoms with E-state index in [0.29, 0.717) is 12.2 Å². The molecule has 2 aromatic heterocycles. The molecule has 0 aromatic carbocycles. The van der Waals surface area contributed by atoms with Crippen molar-refractivity contribution in [3.63, 3.8) is 0 Å². The minimum Gasteiger partial charge on any atom is -0.461 e. The van der Waals surface area contributed by atoms with Crippen molar-refractivity contribution in [3.05, 3.63) is 41.5 Å². The van der Waals surface area contributed by atoms with Crippen molar-refractivity contribution in [3.8, 4) is 0 Å². The van der Waals surface area contributed by atoms with E-state index in [2.05, 4.69) is 15.3 Å². The largest absolute Gasteiger partial charge is 0.461 e. The van der Waals surface area contributed by atoms with E-state index in [9.17, 15) is 4.79 Å². The van der Waals surface area contributed by atoms with Crippen LogP contribution in [0.25, 0.3) is 0 Å². The van der Waals surface area contributed by atoms with Gasteiger partial charge in [-0.25, -0.2) is 9.48 Å². The van der Waals surface area contributed by atoms with Crippen LogP contribution in [0.2, 0.25) is 0 Å². The first-order chi connectivity index (χ1) is 9.26. The summed E-state index contributed by atoms with van der Waals surface area (Å²) in [5.74, 6) is -0.356. The van der Waals surface area contributed by atoms with Crippen LogP contribution in [-0.4, -0.2) is 32.6 Å². The number of aromatic nitrogens is 4. The van der Waals surface area contributed by atoms with Crippen LogP contribution in [0.3, 0.4) is 0 Å². The van der Waals surface area contributed by atoms with Gasteiger partial charge in [-0.2, -0.15) is 0 Å². The fraction of sp³-hybridized carbons (Fsp3) is 0.333. The van der Waals surface area contributed by atoms with Gasteiger partial charge in [0, 0.05) is 12.4 Å². The second-order valence-electron chi connectivity index (χ2n) is 3.75. The van der Waals surface area contributed by atoms with E-state index in [0.717, 1.165) is 5.56 Å². The zero-order valence-corrected chi connectivity index (χ0v) is 11.2. The van der Waals surface area contributed by atoms with Crippen molar-refractivity contribution in [1.82, 2.24) is 20.0 Å². The van der Waals surface area contributed by atoms with Gasteiger partial charge in [0.15, 0.2) is 5.69 Å². The van der Waals surface area contributed by atoms with E-state index in [1.807, 2.05) is 12.1 Å². The Labute approximate surface area is 115 Å². The SMILES string of the molecule is CCOC(=O)c1nnn(Cc2ccncc2)c1CCl. The number of hydrogen-bond acceptors (Lipinski definition) is 5. The quantitative estimate of drug-likeness (QED) is 0.615. The van der Waals surface area contributed by atoms with E-state index < -0.39 is 5.97 Å². The maximum Gasteiger partial charge on any atom is 0.360 e. The molecule has 0 aliphatic carbocycles.